The SMILES string of the molecule is NC(C(=O)O)c1ccc2cc[nH]c2c1. The molecule has 1 atom stereocenters. The lowest BCUT2D eigenvalue weighted by molar-refractivity contribution is -0.138. The number of hydrogen-bond acceptors (Lipinski definition) is 2. The minimum Gasteiger partial charge on any atom is -0.480 e. The van der Waals surface area contributed by atoms with Crippen LogP contribution in [0.15, 0.2) is 30.5 Å². The van der Waals surface area contributed by atoms with Crippen LogP contribution < -0.4 is 5.73 Å². The van der Waals surface area contributed by atoms with E-state index in [9.17, 15) is 4.79 Å². The van der Waals surface area contributed by atoms with Gasteiger partial charge in [-0.05, 0) is 23.1 Å². The molecule has 4 N–H and O–H groups in total. The van der Waals surface area contributed by atoms with Crippen LogP contribution in [0.3, 0.4) is 0 Å². The minimum atomic E-state index is -1.02. The molecule has 4 heteroatoms. The number of benzene rings is 1. The fraction of sp³-hybridized carbons (Fsp3) is 0.100. The van der Waals surface area contributed by atoms with Crippen molar-refractivity contribution in [3.05, 3.63) is 36.0 Å². The molecule has 0 fully saturated rings. The van der Waals surface area contributed by atoms with Gasteiger partial charge in [0.1, 0.15) is 6.04 Å². The number of carboxylic acid groups (broad SMARTS) is 1. The Morgan fingerprint density at radius 1 is 1.43 bits per heavy atom. The first-order valence-corrected chi connectivity index (χ1v) is 4.24. The highest BCUT2D eigenvalue weighted by atomic mass is 16.4. The maximum atomic E-state index is 10.6. The van der Waals surface area contributed by atoms with E-state index < -0.39 is 12.0 Å². The molecule has 1 unspecified atom stereocenters. The van der Waals surface area contributed by atoms with E-state index in [4.69, 9.17) is 10.8 Å². The third-order valence-corrected chi connectivity index (χ3v) is 2.20. The van der Waals surface area contributed by atoms with Gasteiger partial charge in [-0.3, -0.25) is 4.79 Å². The second-order valence-electron chi connectivity index (χ2n) is 3.14. The Balaban J connectivity index is 2.48. The van der Waals surface area contributed by atoms with Gasteiger partial charge in [0.25, 0.3) is 0 Å². The standard InChI is InChI=1S/C10H10N2O2/c11-9(10(13)14)7-2-1-6-3-4-12-8(6)5-7/h1-5,9,12H,11H2,(H,13,14). The number of aromatic nitrogens is 1. The quantitative estimate of drug-likeness (QED) is 0.666. The molecule has 0 saturated carbocycles. The molecule has 0 aliphatic rings. The summed E-state index contributed by atoms with van der Waals surface area (Å²) in [6.45, 7) is 0. The summed E-state index contributed by atoms with van der Waals surface area (Å²) in [4.78, 5) is 13.6. The van der Waals surface area contributed by atoms with Gasteiger partial charge in [-0.2, -0.15) is 0 Å². The molecule has 0 bridgehead atoms. The topological polar surface area (TPSA) is 79.1 Å². The fourth-order valence-corrected chi connectivity index (χ4v) is 1.40. The smallest absolute Gasteiger partial charge is 0.325 e. The molecule has 0 radical (unpaired) electrons. The van der Waals surface area contributed by atoms with E-state index in [-0.39, 0.29) is 0 Å². The van der Waals surface area contributed by atoms with Crippen molar-refractivity contribution in [1.82, 2.24) is 4.98 Å². The van der Waals surface area contributed by atoms with Crippen molar-refractivity contribution in [3.8, 4) is 0 Å². The van der Waals surface area contributed by atoms with Gasteiger partial charge in [-0.15, -0.1) is 0 Å². The Kier molecular flexibility index (Phi) is 1.98. The van der Waals surface area contributed by atoms with Crippen LogP contribution in [0.1, 0.15) is 11.6 Å². The number of fused-ring (bicyclic) bond motifs is 1. The third kappa shape index (κ3) is 1.36. The van der Waals surface area contributed by atoms with Gasteiger partial charge in [0.15, 0.2) is 0 Å². The van der Waals surface area contributed by atoms with Crippen LogP contribution >= 0.6 is 0 Å². The summed E-state index contributed by atoms with van der Waals surface area (Å²) < 4.78 is 0. The van der Waals surface area contributed by atoms with Crippen molar-refractivity contribution in [1.29, 1.82) is 0 Å². The summed E-state index contributed by atoms with van der Waals surface area (Å²) in [6.07, 6.45) is 1.81. The molecule has 0 aliphatic heterocycles. The zero-order valence-corrected chi connectivity index (χ0v) is 7.40. The molecule has 2 aromatic rings. The predicted octanol–water partition coefficient (Wildman–Crippen LogP) is 1.25. The van der Waals surface area contributed by atoms with Crippen LogP contribution in [-0.4, -0.2) is 16.1 Å². The van der Waals surface area contributed by atoms with E-state index in [2.05, 4.69) is 4.98 Å². The zero-order chi connectivity index (χ0) is 10.1. The average molecular weight is 190 g/mol. The van der Waals surface area contributed by atoms with Gasteiger partial charge >= 0.3 is 5.97 Å². The number of carboxylic acids is 1. The number of hydrogen-bond donors (Lipinski definition) is 3. The van der Waals surface area contributed by atoms with E-state index in [1.165, 1.54) is 0 Å². The van der Waals surface area contributed by atoms with Crippen LogP contribution in [0.25, 0.3) is 10.9 Å². The van der Waals surface area contributed by atoms with E-state index in [0.717, 1.165) is 10.9 Å². The largest absolute Gasteiger partial charge is 0.480 e. The van der Waals surface area contributed by atoms with E-state index in [1.54, 1.807) is 18.3 Å². The Hall–Kier alpha value is -1.81. The van der Waals surface area contributed by atoms with Crippen molar-refractivity contribution in [2.75, 3.05) is 0 Å². The molecule has 14 heavy (non-hydrogen) atoms. The summed E-state index contributed by atoms with van der Waals surface area (Å²) in [6, 6.07) is 6.31. The van der Waals surface area contributed by atoms with Crippen LogP contribution in [0.5, 0.6) is 0 Å². The lowest BCUT2D eigenvalue weighted by Gasteiger charge is -2.05. The first kappa shape index (κ1) is 8.77. The molecule has 1 aromatic heterocycles. The Labute approximate surface area is 80.3 Å². The predicted molar refractivity (Wildman–Crippen MR) is 52.9 cm³/mol. The van der Waals surface area contributed by atoms with Crippen LogP contribution in [0.2, 0.25) is 0 Å². The molecule has 4 nitrogen and oxygen atoms in total. The molecule has 0 saturated heterocycles. The highest BCUT2D eigenvalue weighted by molar-refractivity contribution is 5.82. The number of H-pyrrole nitrogens is 1. The van der Waals surface area contributed by atoms with Crippen molar-refractivity contribution < 1.29 is 9.90 Å². The second kappa shape index (κ2) is 3.16. The molecule has 2 rings (SSSR count). The van der Waals surface area contributed by atoms with E-state index >= 15 is 0 Å². The number of nitrogens with one attached hydrogen (secondary N) is 1. The third-order valence-electron chi connectivity index (χ3n) is 2.20. The Bertz CT molecular complexity index is 476. The molecule has 0 spiro atoms. The lowest BCUT2D eigenvalue weighted by atomic mass is 10.1. The molecule has 1 aromatic carbocycles. The molecular weight excluding hydrogens is 180 g/mol. The van der Waals surface area contributed by atoms with Crippen LogP contribution in [-0.2, 0) is 4.79 Å². The maximum Gasteiger partial charge on any atom is 0.325 e. The summed E-state index contributed by atoms with van der Waals surface area (Å²) in [5.74, 6) is -1.02. The Morgan fingerprint density at radius 3 is 2.93 bits per heavy atom. The van der Waals surface area contributed by atoms with E-state index in [0.29, 0.717) is 5.56 Å². The first-order valence-electron chi connectivity index (χ1n) is 4.24. The van der Waals surface area contributed by atoms with Crippen LogP contribution in [0, 0.1) is 0 Å². The van der Waals surface area contributed by atoms with Gasteiger partial charge in [0.05, 0.1) is 0 Å². The van der Waals surface area contributed by atoms with Gasteiger partial charge in [0, 0.05) is 11.7 Å². The molecule has 1 heterocycles. The molecular formula is C10H10N2O2. The normalized spacial score (nSPS) is 12.9. The average Bonchev–Trinajstić information content (AvgIpc) is 2.62. The van der Waals surface area contributed by atoms with Gasteiger partial charge in [0.2, 0.25) is 0 Å². The van der Waals surface area contributed by atoms with Crippen molar-refractivity contribution in [2.24, 2.45) is 5.73 Å². The number of nitrogens with two attached hydrogens (primary N) is 1. The van der Waals surface area contributed by atoms with Crippen LogP contribution in [0.4, 0.5) is 0 Å². The zero-order valence-electron chi connectivity index (χ0n) is 7.40. The fourth-order valence-electron chi connectivity index (χ4n) is 1.40. The second-order valence-corrected chi connectivity index (χ2v) is 3.14. The highest BCUT2D eigenvalue weighted by Gasteiger charge is 2.14. The number of rotatable bonds is 2. The lowest BCUT2D eigenvalue weighted by Crippen LogP contribution is -2.20. The molecule has 0 aliphatic carbocycles. The first-order chi connectivity index (χ1) is 6.68. The van der Waals surface area contributed by atoms with Gasteiger partial charge < -0.3 is 15.8 Å². The van der Waals surface area contributed by atoms with Crippen molar-refractivity contribution in [2.45, 2.75) is 6.04 Å². The number of aliphatic carboxylic acids is 1. The summed E-state index contributed by atoms with van der Waals surface area (Å²) in [7, 11) is 0. The van der Waals surface area contributed by atoms with Gasteiger partial charge in [-0.25, -0.2) is 0 Å². The van der Waals surface area contributed by atoms with Gasteiger partial charge in [-0.1, -0.05) is 12.1 Å². The maximum absolute atomic E-state index is 10.6. The Morgan fingerprint density at radius 2 is 2.21 bits per heavy atom. The van der Waals surface area contributed by atoms with Crippen molar-refractivity contribution in [3.63, 3.8) is 0 Å². The van der Waals surface area contributed by atoms with E-state index in [1.807, 2.05) is 12.1 Å². The van der Waals surface area contributed by atoms with Crippen molar-refractivity contribution >= 4 is 16.9 Å². The minimum absolute atomic E-state index is 0.604. The molecule has 72 valence electrons. The monoisotopic (exact) mass is 190 g/mol. The highest BCUT2D eigenvalue weighted by Crippen LogP contribution is 2.18. The summed E-state index contributed by atoms with van der Waals surface area (Å²) >= 11 is 0. The summed E-state index contributed by atoms with van der Waals surface area (Å²) in [5, 5.41) is 9.77. The summed E-state index contributed by atoms with van der Waals surface area (Å²) in [5.41, 5.74) is 6.99. The number of aromatic amines is 1. The number of carbonyl (C=O) groups is 1. The molecule has 0 amide bonds.